The van der Waals surface area contributed by atoms with Gasteiger partial charge in [-0.05, 0) is 62.0 Å². The molecule has 2 N–H and O–H groups in total. The third-order valence-corrected chi connectivity index (χ3v) is 3.81. The second-order valence-corrected chi connectivity index (χ2v) is 5.90. The van der Waals surface area contributed by atoms with Crippen LogP contribution in [0.3, 0.4) is 0 Å². The quantitative estimate of drug-likeness (QED) is 0.682. The van der Waals surface area contributed by atoms with Gasteiger partial charge in [-0.15, -0.1) is 0 Å². The Morgan fingerprint density at radius 2 is 2.05 bits per heavy atom. The van der Waals surface area contributed by atoms with Crippen molar-refractivity contribution in [2.45, 2.75) is 33.1 Å². The Morgan fingerprint density at radius 1 is 1.25 bits per heavy atom. The molecule has 3 nitrogen and oxygen atoms in total. The maximum absolute atomic E-state index is 12.1. The van der Waals surface area contributed by atoms with Gasteiger partial charge in [-0.3, -0.25) is 4.79 Å². The van der Waals surface area contributed by atoms with Crippen molar-refractivity contribution >= 4 is 23.4 Å². The first kappa shape index (κ1) is 16.9. The van der Waals surface area contributed by atoms with Crippen LogP contribution in [0.2, 0.25) is 0 Å². The molecule has 1 aromatic carbocycles. The van der Waals surface area contributed by atoms with Crippen LogP contribution < -0.4 is 10.6 Å². The Balaban J connectivity index is 2.47. The normalized spacial score (nSPS) is 10.3. The smallest absolute Gasteiger partial charge is 0.251 e. The molecule has 0 aliphatic rings. The average molecular weight is 294 g/mol. The van der Waals surface area contributed by atoms with Gasteiger partial charge >= 0.3 is 0 Å². The predicted molar refractivity (Wildman–Crippen MR) is 89.9 cm³/mol. The molecular weight excluding hydrogens is 268 g/mol. The van der Waals surface area contributed by atoms with Crippen LogP contribution >= 0.6 is 11.8 Å². The first-order valence-electron chi connectivity index (χ1n) is 7.30. The number of nitrogens with one attached hydrogen (secondary N) is 2. The van der Waals surface area contributed by atoms with E-state index in [-0.39, 0.29) is 5.91 Å². The summed E-state index contributed by atoms with van der Waals surface area (Å²) in [6.45, 7) is 5.84. The molecule has 0 aliphatic heterocycles. The standard InChI is InChI=1S/C16H26N2OS/c1-4-9-17-14-7-8-15(13(2)12-14)16(19)18-10-5-6-11-20-3/h7-8,12,17H,4-6,9-11H2,1-3H3,(H,18,19). The van der Waals surface area contributed by atoms with Gasteiger partial charge in [0.15, 0.2) is 0 Å². The maximum atomic E-state index is 12.1. The van der Waals surface area contributed by atoms with Crippen molar-refractivity contribution in [1.29, 1.82) is 0 Å². The molecule has 0 heterocycles. The third kappa shape index (κ3) is 5.87. The van der Waals surface area contributed by atoms with Crippen molar-refractivity contribution in [3.63, 3.8) is 0 Å². The molecule has 0 aromatic heterocycles. The van der Waals surface area contributed by atoms with Gasteiger partial charge in [0, 0.05) is 24.3 Å². The number of unbranched alkanes of at least 4 members (excludes halogenated alkanes) is 1. The lowest BCUT2D eigenvalue weighted by atomic mass is 10.1. The van der Waals surface area contributed by atoms with Gasteiger partial charge < -0.3 is 10.6 Å². The SMILES string of the molecule is CCCNc1ccc(C(=O)NCCCCSC)c(C)c1. The fourth-order valence-corrected chi connectivity index (χ4v) is 2.46. The number of rotatable bonds is 9. The topological polar surface area (TPSA) is 41.1 Å². The van der Waals surface area contributed by atoms with Crippen LogP contribution in [0.25, 0.3) is 0 Å². The van der Waals surface area contributed by atoms with Gasteiger partial charge in [0.05, 0.1) is 0 Å². The summed E-state index contributed by atoms with van der Waals surface area (Å²) in [5.41, 5.74) is 2.88. The van der Waals surface area contributed by atoms with E-state index < -0.39 is 0 Å². The first-order chi connectivity index (χ1) is 9.69. The lowest BCUT2D eigenvalue weighted by Gasteiger charge is -2.10. The number of carbonyl (C=O) groups excluding carboxylic acids is 1. The summed E-state index contributed by atoms with van der Waals surface area (Å²) in [5.74, 6) is 1.20. The van der Waals surface area contributed by atoms with Crippen LogP contribution in [-0.2, 0) is 0 Å². The molecule has 4 heteroatoms. The summed E-state index contributed by atoms with van der Waals surface area (Å²) in [6, 6.07) is 5.92. The number of aryl methyl sites for hydroxylation is 1. The number of anilines is 1. The lowest BCUT2D eigenvalue weighted by molar-refractivity contribution is 0.0952. The second kappa shape index (κ2) is 9.70. The van der Waals surface area contributed by atoms with Crippen molar-refractivity contribution < 1.29 is 4.79 Å². The van der Waals surface area contributed by atoms with Gasteiger partial charge in [0.2, 0.25) is 0 Å². The van der Waals surface area contributed by atoms with E-state index in [9.17, 15) is 4.79 Å². The van der Waals surface area contributed by atoms with Crippen LogP contribution in [0.15, 0.2) is 18.2 Å². The predicted octanol–water partition coefficient (Wildman–Crippen LogP) is 3.69. The molecule has 0 atom stereocenters. The number of carbonyl (C=O) groups is 1. The zero-order chi connectivity index (χ0) is 14.8. The third-order valence-electron chi connectivity index (χ3n) is 3.11. The molecule has 0 radical (unpaired) electrons. The minimum Gasteiger partial charge on any atom is -0.385 e. The maximum Gasteiger partial charge on any atom is 0.251 e. The number of amides is 1. The highest BCUT2D eigenvalue weighted by atomic mass is 32.2. The van der Waals surface area contributed by atoms with Crippen LogP contribution in [0.5, 0.6) is 0 Å². The Labute approximate surface area is 126 Å². The minimum atomic E-state index is 0.0358. The molecule has 1 amide bonds. The number of benzene rings is 1. The van der Waals surface area contributed by atoms with E-state index in [0.29, 0.717) is 0 Å². The van der Waals surface area contributed by atoms with Gasteiger partial charge in [0.25, 0.3) is 5.91 Å². The fourth-order valence-electron chi connectivity index (χ4n) is 1.97. The largest absolute Gasteiger partial charge is 0.385 e. The summed E-state index contributed by atoms with van der Waals surface area (Å²) in [4.78, 5) is 12.1. The summed E-state index contributed by atoms with van der Waals surface area (Å²) in [6.07, 6.45) is 5.40. The van der Waals surface area contributed by atoms with Crippen LogP contribution in [0, 0.1) is 6.92 Å². The van der Waals surface area contributed by atoms with E-state index >= 15 is 0 Å². The Bertz CT molecular complexity index is 421. The van der Waals surface area contributed by atoms with Crippen molar-refractivity contribution in [1.82, 2.24) is 5.32 Å². The van der Waals surface area contributed by atoms with Crippen molar-refractivity contribution in [2.75, 3.05) is 30.4 Å². The number of hydrogen-bond acceptors (Lipinski definition) is 3. The van der Waals surface area contributed by atoms with E-state index in [1.54, 1.807) is 0 Å². The van der Waals surface area contributed by atoms with Crippen LogP contribution in [0.4, 0.5) is 5.69 Å². The van der Waals surface area contributed by atoms with Gasteiger partial charge in [0.1, 0.15) is 0 Å². The molecule has 0 aliphatic carbocycles. The Morgan fingerprint density at radius 3 is 2.70 bits per heavy atom. The molecule has 0 saturated carbocycles. The molecule has 0 spiro atoms. The minimum absolute atomic E-state index is 0.0358. The summed E-state index contributed by atoms with van der Waals surface area (Å²) in [7, 11) is 0. The van der Waals surface area contributed by atoms with E-state index in [2.05, 4.69) is 23.8 Å². The molecule has 0 unspecified atom stereocenters. The molecule has 0 fully saturated rings. The van der Waals surface area contributed by atoms with Gasteiger partial charge in [-0.2, -0.15) is 11.8 Å². The lowest BCUT2D eigenvalue weighted by Crippen LogP contribution is -2.25. The highest BCUT2D eigenvalue weighted by Gasteiger charge is 2.08. The van der Waals surface area contributed by atoms with Crippen molar-refractivity contribution in [2.24, 2.45) is 0 Å². The molecule has 1 aromatic rings. The van der Waals surface area contributed by atoms with E-state index in [4.69, 9.17) is 0 Å². The molecule has 20 heavy (non-hydrogen) atoms. The number of thioether (sulfide) groups is 1. The van der Waals surface area contributed by atoms with E-state index in [1.807, 2.05) is 36.9 Å². The van der Waals surface area contributed by atoms with Gasteiger partial charge in [-0.25, -0.2) is 0 Å². The van der Waals surface area contributed by atoms with E-state index in [1.165, 1.54) is 0 Å². The molecule has 0 bridgehead atoms. The van der Waals surface area contributed by atoms with Crippen LogP contribution in [-0.4, -0.2) is 31.0 Å². The van der Waals surface area contributed by atoms with E-state index in [0.717, 1.165) is 54.9 Å². The molecule has 0 saturated heterocycles. The fraction of sp³-hybridized carbons (Fsp3) is 0.562. The highest BCUT2D eigenvalue weighted by molar-refractivity contribution is 7.98. The summed E-state index contributed by atoms with van der Waals surface area (Å²) < 4.78 is 0. The Kier molecular flexibility index (Phi) is 8.19. The van der Waals surface area contributed by atoms with Crippen molar-refractivity contribution in [3.05, 3.63) is 29.3 Å². The summed E-state index contributed by atoms with van der Waals surface area (Å²) >= 11 is 1.85. The molecular formula is C16H26N2OS. The van der Waals surface area contributed by atoms with Crippen molar-refractivity contribution in [3.8, 4) is 0 Å². The second-order valence-electron chi connectivity index (χ2n) is 4.91. The monoisotopic (exact) mass is 294 g/mol. The van der Waals surface area contributed by atoms with Crippen LogP contribution in [0.1, 0.15) is 42.1 Å². The number of hydrogen-bond donors (Lipinski definition) is 2. The Hall–Kier alpha value is -1.16. The van der Waals surface area contributed by atoms with Gasteiger partial charge in [-0.1, -0.05) is 6.92 Å². The average Bonchev–Trinajstić information content (AvgIpc) is 2.44. The zero-order valence-corrected chi connectivity index (χ0v) is 13.6. The first-order valence-corrected chi connectivity index (χ1v) is 8.70. The zero-order valence-electron chi connectivity index (χ0n) is 12.8. The molecule has 112 valence electrons. The summed E-state index contributed by atoms with van der Waals surface area (Å²) in [5, 5.41) is 6.33. The molecule has 1 rings (SSSR count). The highest BCUT2D eigenvalue weighted by Crippen LogP contribution is 2.15.